The van der Waals surface area contributed by atoms with Crippen LogP contribution in [0.3, 0.4) is 0 Å². The van der Waals surface area contributed by atoms with Crippen LogP contribution >= 0.6 is 12.2 Å². The number of aromatic nitrogens is 2. The molecule has 1 atom stereocenters. The maximum atomic E-state index is 5.42. The van der Waals surface area contributed by atoms with Gasteiger partial charge < -0.3 is 15.5 Å². The molecular formula is C17H27N5S. The van der Waals surface area contributed by atoms with Gasteiger partial charge in [0.15, 0.2) is 5.11 Å². The zero-order valence-corrected chi connectivity index (χ0v) is 15.0. The van der Waals surface area contributed by atoms with Gasteiger partial charge in [-0.1, -0.05) is 12.8 Å². The second-order valence-electron chi connectivity index (χ2n) is 6.81. The van der Waals surface area contributed by atoms with Crippen molar-refractivity contribution in [2.24, 2.45) is 0 Å². The van der Waals surface area contributed by atoms with E-state index in [1.54, 1.807) is 0 Å². The summed E-state index contributed by atoms with van der Waals surface area (Å²) in [5.74, 6) is 1.61. The highest BCUT2D eigenvalue weighted by Gasteiger charge is 2.21. The van der Waals surface area contributed by atoms with Crippen molar-refractivity contribution >= 4 is 29.1 Å². The molecule has 2 fully saturated rings. The van der Waals surface area contributed by atoms with Gasteiger partial charge in [0.25, 0.3) is 0 Å². The first-order valence-electron chi connectivity index (χ1n) is 8.81. The summed E-state index contributed by atoms with van der Waals surface area (Å²) in [7, 11) is 0. The molecule has 0 amide bonds. The summed E-state index contributed by atoms with van der Waals surface area (Å²) in [5.41, 5.74) is 0.971. The third-order valence-corrected chi connectivity index (χ3v) is 5.07. The van der Waals surface area contributed by atoms with E-state index >= 15 is 0 Å². The molecule has 0 bridgehead atoms. The van der Waals surface area contributed by atoms with Crippen LogP contribution in [0.4, 0.5) is 11.8 Å². The number of nitrogens with one attached hydrogen (secondary N) is 2. The molecule has 23 heavy (non-hydrogen) atoms. The van der Waals surface area contributed by atoms with Gasteiger partial charge in [-0.15, -0.1) is 0 Å². The fraction of sp³-hybridized carbons (Fsp3) is 0.706. The van der Waals surface area contributed by atoms with Gasteiger partial charge >= 0.3 is 0 Å². The number of hydrogen-bond acceptors (Lipinski definition) is 4. The molecule has 3 rings (SSSR count). The fourth-order valence-corrected chi connectivity index (χ4v) is 3.84. The smallest absolute Gasteiger partial charge is 0.231 e. The Hall–Kier alpha value is -1.43. The van der Waals surface area contributed by atoms with Crippen molar-refractivity contribution in [1.29, 1.82) is 0 Å². The van der Waals surface area contributed by atoms with Crippen molar-refractivity contribution in [3.8, 4) is 0 Å². The second kappa shape index (κ2) is 7.43. The molecule has 2 heterocycles. The normalized spacial score (nSPS) is 22.2. The zero-order chi connectivity index (χ0) is 16.2. The number of aryl methyl sites for hydroxylation is 1. The predicted molar refractivity (Wildman–Crippen MR) is 99.0 cm³/mol. The maximum Gasteiger partial charge on any atom is 0.231 e. The van der Waals surface area contributed by atoms with E-state index in [9.17, 15) is 0 Å². The predicted octanol–water partition coefficient (Wildman–Crippen LogP) is 3.39. The lowest BCUT2D eigenvalue weighted by Crippen LogP contribution is -2.39. The molecule has 126 valence electrons. The molecule has 5 nitrogen and oxygen atoms in total. The van der Waals surface area contributed by atoms with Gasteiger partial charge in [-0.25, -0.2) is 4.98 Å². The van der Waals surface area contributed by atoms with Crippen molar-refractivity contribution in [2.75, 3.05) is 16.8 Å². The van der Waals surface area contributed by atoms with Gasteiger partial charge in [0.1, 0.15) is 5.82 Å². The van der Waals surface area contributed by atoms with Crippen LogP contribution in [-0.4, -0.2) is 33.7 Å². The summed E-state index contributed by atoms with van der Waals surface area (Å²) in [4.78, 5) is 11.6. The van der Waals surface area contributed by atoms with Crippen LogP contribution in [0.15, 0.2) is 6.07 Å². The van der Waals surface area contributed by atoms with Crippen LogP contribution in [0.1, 0.15) is 57.6 Å². The average molecular weight is 334 g/mol. The van der Waals surface area contributed by atoms with E-state index < -0.39 is 0 Å². The summed E-state index contributed by atoms with van der Waals surface area (Å²) >= 11 is 5.42. The third kappa shape index (κ3) is 4.31. The van der Waals surface area contributed by atoms with Gasteiger partial charge in [0, 0.05) is 30.4 Å². The highest BCUT2D eigenvalue weighted by Crippen LogP contribution is 2.24. The van der Waals surface area contributed by atoms with Crippen molar-refractivity contribution < 1.29 is 0 Å². The highest BCUT2D eigenvalue weighted by molar-refractivity contribution is 7.80. The molecular weight excluding hydrogens is 306 g/mol. The van der Waals surface area contributed by atoms with Crippen LogP contribution in [0.2, 0.25) is 0 Å². The Morgan fingerprint density at radius 1 is 1.17 bits per heavy atom. The molecule has 6 heteroatoms. The van der Waals surface area contributed by atoms with E-state index in [0.29, 0.717) is 23.1 Å². The Kier molecular flexibility index (Phi) is 5.30. The van der Waals surface area contributed by atoms with E-state index in [2.05, 4.69) is 33.5 Å². The van der Waals surface area contributed by atoms with Crippen LogP contribution < -0.4 is 15.5 Å². The number of hydrogen-bond donors (Lipinski definition) is 2. The Bertz CT molecular complexity index is 556. The van der Waals surface area contributed by atoms with E-state index in [4.69, 9.17) is 17.2 Å². The van der Waals surface area contributed by atoms with Crippen LogP contribution in [0, 0.1) is 6.92 Å². The van der Waals surface area contributed by atoms with Crippen molar-refractivity contribution in [1.82, 2.24) is 15.3 Å². The largest absolute Gasteiger partial charge is 0.360 e. The summed E-state index contributed by atoms with van der Waals surface area (Å²) in [6, 6.07) is 3.11. The van der Waals surface area contributed by atoms with Crippen LogP contribution in [-0.2, 0) is 0 Å². The molecule has 1 aromatic rings. The lowest BCUT2D eigenvalue weighted by molar-refractivity contribution is 0.481. The number of nitrogens with zero attached hydrogens (tertiary/aromatic N) is 3. The minimum absolute atomic E-state index is 0.501. The lowest BCUT2D eigenvalue weighted by atomic mass is 10.0. The standard InChI is InChI=1S/C17H27N5S/c1-12-11-15(22-10-6-5-7-13(22)2)20-16(18-12)21-17(23)19-14-8-3-4-9-14/h11,13-14H,3-10H2,1-2H3,(H2,18,19,20,21,23)/t13-/m0/s1. The monoisotopic (exact) mass is 333 g/mol. The summed E-state index contributed by atoms with van der Waals surface area (Å²) in [6.45, 7) is 5.36. The molecule has 0 unspecified atom stereocenters. The second-order valence-corrected chi connectivity index (χ2v) is 7.22. The average Bonchev–Trinajstić information content (AvgIpc) is 2.99. The SMILES string of the molecule is Cc1cc(N2CCCC[C@@H]2C)nc(NC(=S)NC2CCCC2)n1. The van der Waals surface area contributed by atoms with Gasteiger partial charge in [-0.3, -0.25) is 0 Å². The Morgan fingerprint density at radius 3 is 2.65 bits per heavy atom. The zero-order valence-electron chi connectivity index (χ0n) is 14.1. The van der Waals surface area contributed by atoms with E-state index in [0.717, 1.165) is 18.1 Å². The number of thiocarbonyl (C=S) groups is 1. The first-order chi connectivity index (χ1) is 11.1. The van der Waals surface area contributed by atoms with Gasteiger partial charge in [-0.2, -0.15) is 4.98 Å². The molecule has 0 spiro atoms. The molecule has 1 aliphatic carbocycles. The summed E-state index contributed by atoms with van der Waals surface area (Å²) in [6.07, 6.45) is 8.75. The summed E-state index contributed by atoms with van der Waals surface area (Å²) < 4.78 is 0. The van der Waals surface area contributed by atoms with Crippen molar-refractivity contribution in [3.63, 3.8) is 0 Å². The molecule has 1 saturated heterocycles. The van der Waals surface area contributed by atoms with E-state index in [-0.39, 0.29) is 0 Å². The Labute approximate surface area is 144 Å². The first-order valence-corrected chi connectivity index (χ1v) is 9.22. The van der Waals surface area contributed by atoms with Gasteiger partial charge in [-0.05, 0) is 58.2 Å². The fourth-order valence-electron chi connectivity index (χ4n) is 3.59. The molecule has 2 aliphatic rings. The van der Waals surface area contributed by atoms with Crippen LogP contribution in [0.25, 0.3) is 0 Å². The minimum Gasteiger partial charge on any atom is -0.360 e. The molecule has 1 aliphatic heterocycles. The van der Waals surface area contributed by atoms with E-state index in [1.165, 1.54) is 44.9 Å². The number of rotatable bonds is 3. The highest BCUT2D eigenvalue weighted by atomic mass is 32.1. The molecule has 0 radical (unpaired) electrons. The Balaban J connectivity index is 1.68. The number of piperidine rings is 1. The van der Waals surface area contributed by atoms with Gasteiger partial charge in [0.2, 0.25) is 5.95 Å². The maximum absolute atomic E-state index is 5.42. The topological polar surface area (TPSA) is 53.1 Å². The molecule has 2 N–H and O–H groups in total. The van der Waals surface area contributed by atoms with Crippen LogP contribution in [0.5, 0.6) is 0 Å². The molecule has 0 aromatic carbocycles. The van der Waals surface area contributed by atoms with Gasteiger partial charge in [0.05, 0.1) is 0 Å². The number of anilines is 2. The molecule has 1 saturated carbocycles. The third-order valence-electron chi connectivity index (χ3n) is 4.85. The molecule has 1 aromatic heterocycles. The van der Waals surface area contributed by atoms with E-state index in [1.807, 2.05) is 6.92 Å². The summed E-state index contributed by atoms with van der Waals surface area (Å²) in [5, 5.41) is 7.20. The quantitative estimate of drug-likeness (QED) is 0.827. The lowest BCUT2D eigenvalue weighted by Gasteiger charge is -2.34. The van der Waals surface area contributed by atoms with Crippen molar-refractivity contribution in [3.05, 3.63) is 11.8 Å². The first kappa shape index (κ1) is 16.4. The van der Waals surface area contributed by atoms with Crippen molar-refractivity contribution in [2.45, 2.75) is 70.9 Å². The Morgan fingerprint density at radius 2 is 1.91 bits per heavy atom. The minimum atomic E-state index is 0.501.